The summed E-state index contributed by atoms with van der Waals surface area (Å²) in [4.78, 5) is 25.1. The molecular formula is C28H40N2O8. The Morgan fingerprint density at radius 3 is 1.26 bits per heavy atom. The molecule has 0 saturated carbocycles. The van der Waals surface area contributed by atoms with Gasteiger partial charge < -0.3 is 39.8 Å². The summed E-state index contributed by atoms with van der Waals surface area (Å²) in [6, 6.07) is 15.4. The molecule has 10 nitrogen and oxygen atoms in total. The number of carbonyl (C=O) groups is 2. The number of nitrogens with one attached hydrogen (secondary N) is 2. The molecule has 2 aromatic carbocycles. The molecule has 2 aromatic rings. The molecule has 210 valence electrons. The number of amides is 2. The van der Waals surface area contributed by atoms with Crippen LogP contribution in [-0.4, -0.2) is 71.1 Å². The number of para-hydroxylation sites is 2. The number of aliphatic hydroxyl groups excluding tert-OH is 2. The Morgan fingerprint density at radius 2 is 0.974 bits per heavy atom. The maximum atomic E-state index is 12.5. The van der Waals surface area contributed by atoms with Gasteiger partial charge in [0, 0.05) is 0 Å². The van der Waals surface area contributed by atoms with Gasteiger partial charge in [0.2, 0.25) is 0 Å². The number of hydrogen-bond acceptors (Lipinski definition) is 8. The molecule has 38 heavy (non-hydrogen) atoms. The van der Waals surface area contributed by atoms with Crippen LogP contribution in [0.3, 0.4) is 0 Å². The number of ether oxygens (including phenoxy) is 4. The number of alkyl carbamates (subject to hydrolysis) is 2. The maximum absolute atomic E-state index is 12.5. The molecule has 0 spiro atoms. The highest BCUT2D eigenvalue weighted by atomic mass is 16.6. The Hall–Kier alpha value is -3.50. The van der Waals surface area contributed by atoms with Crippen LogP contribution in [0.5, 0.6) is 11.5 Å². The Bertz CT molecular complexity index is 908. The molecule has 0 unspecified atom stereocenters. The Labute approximate surface area is 224 Å². The smallest absolute Gasteiger partial charge is 0.408 e. The fourth-order valence-electron chi connectivity index (χ4n) is 3.25. The van der Waals surface area contributed by atoms with Crippen LogP contribution in [0.2, 0.25) is 0 Å². The molecule has 2 rings (SSSR count). The number of benzene rings is 2. The van der Waals surface area contributed by atoms with E-state index in [-0.39, 0.29) is 13.2 Å². The predicted octanol–water partition coefficient (Wildman–Crippen LogP) is 3.65. The highest BCUT2D eigenvalue weighted by Crippen LogP contribution is 2.16. The van der Waals surface area contributed by atoms with E-state index < -0.39 is 47.7 Å². The molecule has 0 aliphatic heterocycles. The fraction of sp³-hybridized carbons (Fsp3) is 0.500. The largest absolute Gasteiger partial charge is 0.491 e. The molecule has 0 aliphatic carbocycles. The van der Waals surface area contributed by atoms with Crippen molar-refractivity contribution in [2.45, 2.75) is 77.0 Å². The van der Waals surface area contributed by atoms with Crippen molar-refractivity contribution in [2.75, 3.05) is 13.2 Å². The fourth-order valence-corrected chi connectivity index (χ4v) is 3.25. The molecule has 4 N–H and O–H groups in total. The zero-order valence-corrected chi connectivity index (χ0v) is 22.8. The molecule has 0 bridgehead atoms. The van der Waals surface area contributed by atoms with E-state index in [9.17, 15) is 19.8 Å². The minimum absolute atomic E-state index is 0.194. The quantitative estimate of drug-likeness (QED) is 0.344. The van der Waals surface area contributed by atoms with Gasteiger partial charge in [-0.2, -0.15) is 0 Å². The third-order valence-corrected chi connectivity index (χ3v) is 4.92. The van der Waals surface area contributed by atoms with Gasteiger partial charge in [-0.25, -0.2) is 9.59 Å². The minimum Gasteiger partial charge on any atom is -0.491 e. The summed E-state index contributed by atoms with van der Waals surface area (Å²) in [5.41, 5.74) is -1.58. The zero-order valence-electron chi connectivity index (χ0n) is 22.8. The molecule has 0 fully saturated rings. The lowest BCUT2D eigenvalue weighted by atomic mass is 10.00. The summed E-state index contributed by atoms with van der Waals surface area (Å²) in [5.74, 6) is 1.00. The average Bonchev–Trinajstić information content (AvgIpc) is 2.82. The second kappa shape index (κ2) is 13.9. The second-order valence-electron chi connectivity index (χ2n) is 10.7. The van der Waals surface area contributed by atoms with E-state index in [1.54, 1.807) is 90.1 Å². The van der Waals surface area contributed by atoms with Crippen molar-refractivity contribution in [1.82, 2.24) is 10.6 Å². The van der Waals surface area contributed by atoms with Crippen LogP contribution < -0.4 is 20.1 Å². The highest BCUT2D eigenvalue weighted by molar-refractivity contribution is 5.69. The van der Waals surface area contributed by atoms with Gasteiger partial charge in [0.05, 0.1) is 12.1 Å². The van der Waals surface area contributed by atoms with Crippen LogP contribution in [0.15, 0.2) is 60.7 Å². The standard InChI is InChI=1S/C28H40N2O8/c1-27(2,3)37-25(33)29-21(17-35-19-13-9-7-10-14-19)23(31)24(32)22(30-26(34)38-28(4,5)6)18-36-20-15-11-8-12-16-20/h7-16,21-24,31-32H,17-18H2,1-6H3,(H,29,33)(H,30,34)/t21-,22-,23-,24-/m0/s1. The van der Waals surface area contributed by atoms with E-state index in [2.05, 4.69) is 10.6 Å². The van der Waals surface area contributed by atoms with Gasteiger partial charge in [-0.05, 0) is 65.8 Å². The Morgan fingerprint density at radius 1 is 0.658 bits per heavy atom. The zero-order chi connectivity index (χ0) is 28.3. The van der Waals surface area contributed by atoms with Crippen molar-refractivity contribution >= 4 is 12.2 Å². The van der Waals surface area contributed by atoms with Crippen molar-refractivity contribution in [3.05, 3.63) is 60.7 Å². The van der Waals surface area contributed by atoms with E-state index in [1.165, 1.54) is 0 Å². The van der Waals surface area contributed by atoms with Crippen LogP contribution >= 0.6 is 0 Å². The van der Waals surface area contributed by atoms with Crippen molar-refractivity contribution < 1.29 is 38.7 Å². The van der Waals surface area contributed by atoms with E-state index in [0.717, 1.165) is 0 Å². The van der Waals surface area contributed by atoms with Crippen molar-refractivity contribution in [3.8, 4) is 11.5 Å². The first-order valence-corrected chi connectivity index (χ1v) is 12.4. The summed E-state index contributed by atoms with van der Waals surface area (Å²) < 4.78 is 22.1. The first-order chi connectivity index (χ1) is 17.7. The van der Waals surface area contributed by atoms with Gasteiger partial charge in [-0.15, -0.1) is 0 Å². The summed E-state index contributed by atoms with van der Waals surface area (Å²) in [6.45, 7) is 9.83. The summed E-state index contributed by atoms with van der Waals surface area (Å²) in [6.07, 6.45) is -4.79. The highest BCUT2D eigenvalue weighted by Gasteiger charge is 2.36. The normalized spacial score (nSPS) is 14.8. The van der Waals surface area contributed by atoms with E-state index in [0.29, 0.717) is 11.5 Å². The van der Waals surface area contributed by atoms with Gasteiger partial charge >= 0.3 is 12.2 Å². The van der Waals surface area contributed by atoms with Crippen LogP contribution in [0.1, 0.15) is 41.5 Å². The summed E-state index contributed by atoms with van der Waals surface area (Å²) in [5, 5.41) is 27.5. The van der Waals surface area contributed by atoms with Crippen molar-refractivity contribution in [3.63, 3.8) is 0 Å². The van der Waals surface area contributed by atoms with Gasteiger partial charge in [-0.1, -0.05) is 36.4 Å². The number of rotatable bonds is 11. The Balaban J connectivity index is 2.22. The van der Waals surface area contributed by atoms with E-state index >= 15 is 0 Å². The van der Waals surface area contributed by atoms with Gasteiger partial charge in [0.15, 0.2) is 0 Å². The van der Waals surface area contributed by atoms with Gasteiger partial charge in [0.1, 0.15) is 48.1 Å². The average molecular weight is 533 g/mol. The van der Waals surface area contributed by atoms with Crippen molar-refractivity contribution in [1.29, 1.82) is 0 Å². The molecule has 2 amide bonds. The minimum atomic E-state index is -1.59. The van der Waals surface area contributed by atoms with Gasteiger partial charge in [-0.3, -0.25) is 0 Å². The third-order valence-electron chi connectivity index (χ3n) is 4.92. The lowest BCUT2D eigenvalue weighted by Gasteiger charge is -2.33. The lowest BCUT2D eigenvalue weighted by molar-refractivity contribution is -0.0431. The third kappa shape index (κ3) is 11.7. The number of carbonyl (C=O) groups excluding carboxylic acids is 2. The molecule has 0 saturated heterocycles. The Kier molecular flexibility index (Phi) is 11.2. The predicted molar refractivity (Wildman–Crippen MR) is 142 cm³/mol. The molecule has 0 aromatic heterocycles. The topological polar surface area (TPSA) is 136 Å². The lowest BCUT2D eigenvalue weighted by Crippen LogP contribution is -2.59. The van der Waals surface area contributed by atoms with Crippen LogP contribution in [0, 0.1) is 0 Å². The van der Waals surface area contributed by atoms with Crippen molar-refractivity contribution in [2.24, 2.45) is 0 Å². The molecule has 0 aliphatic rings. The van der Waals surface area contributed by atoms with Gasteiger partial charge in [0.25, 0.3) is 0 Å². The van der Waals surface area contributed by atoms with Crippen LogP contribution in [-0.2, 0) is 9.47 Å². The molecule has 4 atom stereocenters. The number of aliphatic hydroxyl groups is 2. The SMILES string of the molecule is CC(C)(C)OC(=O)N[C@@H](COc1ccccc1)[C@H](O)[C@@H](O)[C@H](COc1ccccc1)NC(=O)OC(C)(C)C. The summed E-state index contributed by atoms with van der Waals surface area (Å²) in [7, 11) is 0. The van der Waals surface area contributed by atoms with Crippen LogP contribution in [0.25, 0.3) is 0 Å². The molecular weight excluding hydrogens is 492 g/mol. The molecule has 0 heterocycles. The monoisotopic (exact) mass is 532 g/mol. The summed E-state index contributed by atoms with van der Waals surface area (Å²) >= 11 is 0. The molecule has 10 heteroatoms. The molecule has 0 radical (unpaired) electrons. The van der Waals surface area contributed by atoms with Crippen LogP contribution in [0.4, 0.5) is 9.59 Å². The maximum Gasteiger partial charge on any atom is 0.408 e. The number of hydrogen-bond donors (Lipinski definition) is 4. The first kappa shape index (κ1) is 30.7. The first-order valence-electron chi connectivity index (χ1n) is 12.4. The second-order valence-corrected chi connectivity index (χ2v) is 10.7. The van der Waals surface area contributed by atoms with E-state index in [4.69, 9.17) is 18.9 Å². The van der Waals surface area contributed by atoms with E-state index in [1.807, 2.05) is 12.1 Å².